The molecule has 5 nitrogen and oxygen atoms in total. The molecule has 158 valence electrons. The Balaban J connectivity index is 1.86. The van der Waals surface area contributed by atoms with Gasteiger partial charge in [0.1, 0.15) is 11.4 Å². The molecule has 3 rings (SSSR count). The van der Waals surface area contributed by atoms with E-state index in [9.17, 15) is 26.7 Å². The van der Waals surface area contributed by atoms with Crippen LogP contribution in [0.15, 0.2) is 53.1 Å². The molecular weight excluding hydrogens is 477 g/mol. The maximum atomic E-state index is 13.1. The normalized spacial score (nSPS) is 11.6. The Morgan fingerprint density at radius 2 is 1.87 bits per heavy atom. The minimum atomic E-state index is -4.51. The van der Waals surface area contributed by atoms with Gasteiger partial charge in [-0.25, -0.2) is 8.78 Å². The average Bonchev–Trinajstić information content (AvgIpc) is 3.06. The standard InChI is InChI=1S/C19H13BrF5N3O2/c1-28-9-11(16(27-28)17(21)22)18(29)26-13-4-2-3-5-15(13)30-14-7-6-10(8-12(14)20)19(23,24)25/h2-9,17H,1H3,(H,26,29). The van der Waals surface area contributed by atoms with Crippen molar-refractivity contribution in [1.82, 2.24) is 9.78 Å². The van der Waals surface area contributed by atoms with Gasteiger partial charge in [-0.15, -0.1) is 0 Å². The van der Waals surface area contributed by atoms with Crippen molar-refractivity contribution in [1.29, 1.82) is 0 Å². The van der Waals surface area contributed by atoms with Gasteiger partial charge in [-0.2, -0.15) is 18.3 Å². The molecule has 1 N–H and O–H groups in total. The van der Waals surface area contributed by atoms with Gasteiger partial charge in [0.15, 0.2) is 5.75 Å². The Hall–Kier alpha value is -2.95. The van der Waals surface area contributed by atoms with Crippen LogP contribution < -0.4 is 10.1 Å². The zero-order chi connectivity index (χ0) is 22.1. The van der Waals surface area contributed by atoms with E-state index in [4.69, 9.17) is 4.74 Å². The molecule has 0 atom stereocenters. The second kappa shape index (κ2) is 8.42. The van der Waals surface area contributed by atoms with Crippen molar-refractivity contribution in [3.05, 3.63) is 70.0 Å². The number of nitrogens with zero attached hydrogens (tertiary/aromatic N) is 2. The minimum Gasteiger partial charge on any atom is -0.454 e. The third kappa shape index (κ3) is 4.78. The number of amides is 1. The Bertz CT molecular complexity index is 1080. The number of aromatic nitrogens is 2. The summed E-state index contributed by atoms with van der Waals surface area (Å²) in [4.78, 5) is 12.5. The van der Waals surface area contributed by atoms with Gasteiger partial charge in [-0.3, -0.25) is 9.48 Å². The lowest BCUT2D eigenvalue weighted by Gasteiger charge is -2.14. The Morgan fingerprint density at radius 1 is 1.17 bits per heavy atom. The molecule has 0 fully saturated rings. The van der Waals surface area contributed by atoms with Crippen molar-refractivity contribution < 1.29 is 31.5 Å². The van der Waals surface area contributed by atoms with Gasteiger partial charge in [0.25, 0.3) is 12.3 Å². The summed E-state index contributed by atoms with van der Waals surface area (Å²) < 4.78 is 71.4. The molecule has 0 aliphatic rings. The Labute approximate surface area is 175 Å². The number of carbonyl (C=O) groups excluding carboxylic acids is 1. The molecule has 30 heavy (non-hydrogen) atoms. The van der Waals surface area contributed by atoms with Crippen LogP contribution in [0.2, 0.25) is 0 Å². The number of halogens is 6. The number of rotatable bonds is 5. The molecule has 0 unspecified atom stereocenters. The highest BCUT2D eigenvalue weighted by Crippen LogP contribution is 2.38. The molecule has 1 amide bonds. The van der Waals surface area contributed by atoms with E-state index >= 15 is 0 Å². The number of para-hydroxylation sites is 2. The van der Waals surface area contributed by atoms with Crippen molar-refractivity contribution in [2.45, 2.75) is 12.6 Å². The zero-order valence-electron chi connectivity index (χ0n) is 15.2. The number of aryl methyl sites for hydroxylation is 1. The van der Waals surface area contributed by atoms with Crippen LogP contribution in [-0.4, -0.2) is 15.7 Å². The maximum Gasteiger partial charge on any atom is 0.416 e. The van der Waals surface area contributed by atoms with Gasteiger partial charge in [0.05, 0.1) is 21.3 Å². The van der Waals surface area contributed by atoms with E-state index < -0.39 is 29.8 Å². The van der Waals surface area contributed by atoms with Gasteiger partial charge in [0, 0.05) is 13.2 Å². The first-order chi connectivity index (χ1) is 14.1. The summed E-state index contributed by atoms with van der Waals surface area (Å²) in [6.45, 7) is 0. The van der Waals surface area contributed by atoms with Crippen molar-refractivity contribution in [3.63, 3.8) is 0 Å². The first kappa shape index (κ1) is 21.8. The summed E-state index contributed by atoms with van der Waals surface area (Å²) in [7, 11) is 1.40. The topological polar surface area (TPSA) is 56.2 Å². The molecule has 0 saturated carbocycles. The van der Waals surface area contributed by atoms with Crippen LogP contribution in [0.5, 0.6) is 11.5 Å². The molecule has 11 heteroatoms. The van der Waals surface area contributed by atoms with Gasteiger partial charge in [0.2, 0.25) is 0 Å². The summed E-state index contributed by atoms with van der Waals surface area (Å²) in [5.74, 6) is -0.658. The molecule has 0 aliphatic heterocycles. The molecule has 0 aliphatic carbocycles. The summed E-state index contributed by atoms with van der Waals surface area (Å²) in [6, 6.07) is 8.92. The lowest BCUT2D eigenvalue weighted by Crippen LogP contribution is -2.14. The van der Waals surface area contributed by atoms with Crippen LogP contribution in [0.4, 0.5) is 27.6 Å². The fourth-order valence-corrected chi connectivity index (χ4v) is 3.03. The smallest absolute Gasteiger partial charge is 0.416 e. The number of benzene rings is 2. The van der Waals surface area contributed by atoms with E-state index in [1.807, 2.05) is 0 Å². The van der Waals surface area contributed by atoms with Gasteiger partial charge in [-0.1, -0.05) is 12.1 Å². The van der Waals surface area contributed by atoms with Crippen molar-refractivity contribution in [2.24, 2.45) is 7.05 Å². The quantitative estimate of drug-likeness (QED) is 0.435. The third-order valence-corrected chi connectivity index (χ3v) is 4.54. The number of anilines is 1. The van der Waals surface area contributed by atoms with E-state index in [1.54, 1.807) is 12.1 Å². The molecule has 0 saturated heterocycles. The van der Waals surface area contributed by atoms with Gasteiger partial charge >= 0.3 is 6.18 Å². The first-order valence-corrected chi connectivity index (χ1v) is 9.12. The van der Waals surface area contributed by atoms with E-state index in [1.165, 1.54) is 19.2 Å². The molecule has 2 aromatic carbocycles. The molecular formula is C19H13BrF5N3O2. The summed E-state index contributed by atoms with van der Waals surface area (Å²) >= 11 is 3.03. The number of ether oxygens (including phenoxy) is 1. The first-order valence-electron chi connectivity index (χ1n) is 8.33. The van der Waals surface area contributed by atoms with E-state index in [0.29, 0.717) is 0 Å². The van der Waals surface area contributed by atoms with Crippen molar-refractivity contribution in [3.8, 4) is 11.5 Å². The van der Waals surface area contributed by atoms with Gasteiger partial charge in [-0.05, 0) is 46.3 Å². The summed E-state index contributed by atoms with van der Waals surface area (Å²) in [5, 5.41) is 6.04. The Kier molecular flexibility index (Phi) is 6.11. The fourth-order valence-electron chi connectivity index (χ4n) is 2.57. The highest BCUT2D eigenvalue weighted by molar-refractivity contribution is 9.10. The zero-order valence-corrected chi connectivity index (χ0v) is 16.8. The van der Waals surface area contributed by atoms with Crippen molar-refractivity contribution in [2.75, 3.05) is 5.32 Å². The number of alkyl halides is 5. The fraction of sp³-hybridized carbons (Fsp3) is 0.158. The monoisotopic (exact) mass is 489 g/mol. The average molecular weight is 490 g/mol. The van der Waals surface area contributed by atoms with Crippen LogP contribution >= 0.6 is 15.9 Å². The van der Waals surface area contributed by atoms with E-state index in [0.717, 1.165) is 29.1 Å². The Morgan fingerprint density at radius 3 is 2.50 bits per heavy atom. The highest BCUT2D eigenvalue weighted by Gasteiger charge is 2.31. The third-order valence-electron chi connectivity index (χ3n) is 3.92. The van der Waals surface area contributed by atoms with Crippen LogP contribution in [0, 0.1) is 0 Å². The molecule has 0 bridgehead atoms. The van der Waals surface area contributed by atoms with E-state index in [-0.39, 0.29) is 27.2 Å². The second-order valence-electron chi connectivity index (χ2n) is 6.10. The summed E-state index contributed by atoms with van der Waals surface area (Å²) in [6.07, 6.45) is -6.30. The van der Waals surface area contributed by atoms with Gasteiger partial charge < -0.3 is 10.1 Å². The summed E-state index contributed by atoms with van der Waals surface area (Å²) in [5.41, 5.74) is -1.70. The second-order valence-corrected chi connectivity index (χ2v) is 6.95. The van der Waals surface area contributed by atoms with Crippen LogP contribution in [0.1, 0.15) is 28.0 Å². The number of nitrogens with one attached hydrogen (secondary N) is 1. The van der Waals surface area contributed by atoms with Crippen LogP contribution in [-0.2, 0) is 13.2 Å². The van der Waals surface area contributed by atoms with Crippen LogP contribution in [0.3, 0.4) is 0 Å². The van der Waals surface area contributed by atoms with Crippen LogP contribution in [0.25, 0.3) is 0 Å². The molecule has 3 aromatic rings. The predicted octanol–water partition coefficient (Wildman–Crippen LogP) is 6.18. The number of carbonyl (C=O) groups is 1. The molecule has 0 spiro atoms. The number of hydrogen-bond acceptors (Lipinski definition) is 3. The lowest BCUT2D eigenvalue weighted by atomic mass is 10.2. The largest absolute Gasteiger partial charge is 0.454 e. The molecule has 1 heterocycles. The predicted molar refractivity (Wildman–Crippen MR) is 102 cm³/mol. The lowest BCUT2D eigenvalue weighted by molar-refractivity contribution is -0.137. The maximum absolute atomic E-state index is 13.1. The minimum absolute atomic E-state index is 0.0469. The molecule has 0 radical (unpaired) electrons. The number of hydrogen-bond donors (Lipinski definition) is 1. The van der Waals surface area contributed by atoms with E-state index in [2.05, 4.69) is 26.3 Å². The highest BCUT2D eigenvalue weighted by atomic mass is 79.9. The van der Waals surface area contributed by atoms with Crippen molar-refractivity contribution >= 4 is 27.5 Å². The molecule has 1 aromatic heterocycles. The SMILES string of the molecule is Cn1cc(C(=O)Nc2ccccc2Oc2ccc(C(F)(F)F)cc2Br)c(C(F)F)n1.